The molecule has 10 heteroatoms. The lowest BCUT2D eigenvalue weighted by molar-refractivity contribution is -0.137. The van der Waals surface area contributed by atoms with E-state index < -0.39 is 0 Å². The Kier molecular flexibility index (Phi) is 6.71. The minimum absolute atomic E-state index is 0.0149. The van der Waals surface area contributed by atoms with Crippen molar-refractivity contribution in [2.45, 2.75) is 19.9 Å². The van der Waals surface area contributed by atoms with Crippen LogP contribution in [0.2, 0.25) is 0 Å². The van der Waals surface area contributed by atoms with Gasteiger partial charge in [-0.3, -0.25) is 14.5 Å². The molecule has 2 amide bonds. The van der Waals surface area contributed by atoms with Crippen molar-refractivity contribution in [2.75, 3.05) is 44.2 Å². The van der Waals surface area contributed by atoms with E-state index in [0.717, 1.165) is 36.0 Å². The molecule has 2 fully saturated rings. The van der Waals surface area contributed by atoms with E-state index in [9.17, 15) is 9.59 Å². The van der Waals surface area contributed by atoms with E-state index in [0.29, 0.717) is 32.8 Å². The maximum Gasteiger partial charge on any atom is 0.228 e. The number of para-hydroxylation sites is 1. The molecule has 3 aromatic rings. The Morgan fingerprint density at radius 1 is 1.00 bits per heavy atom. The van der Waals surface area contributed by atoms with Gasteiger partial charge in [0.2, 0.25) is 11.8 Å². The molecule has 35 heavy (non-hydrogen) atoms. The van der Waals surface area contributed by atoms with Crippen molar-refractivity contribution in [3.63, 3.8) is 0 Å². The molecule has 5 rings (SSSR count). The Morgan fingerprint density at radius 3 is 2.46 bits per heavy atom. The van der Waals surface area contributed by atoms with Gasteiger partial charge in [-0.2, -0.15) is 4.68 Å². The van der Waals surface area contributed by atoms with Crippen LogP contribution in [0.1, 0.15) is 19.2 Å². The monoisotopic (exact) mass is 475 g/mol. The highest BCUT2D eigenvalue weighted by molar-refractivity contribution is 6.00. The lowest BCUT2D eigenvalue weighted by atomic mass is 10.1. The molecule has 2 aliphatic rings. The quantitative estimate of drug-likeness (QED) is 0.514. The van der Waals surface area contributed by atoms with Crippen molar-refractivity contribution < 1.29 is 14.3 Å². The van der Waals surface area contributed by atoms with Gasteiger partial charge in [-0.1, -0.05) is 18.2 Å². The van der Waals surface area contributed by atoms with Crippen molar-refractivity contribution in [1.82, 2.24) is 30.0 Å². The van der Waals surface area contributed by atoms with Gasteiger partial charge in [0.15, 0.2) is 5.82 Å². The third-order valence-electron chi connectivity index (χ3n) is 6.52. The summed E-state index contributed by atoms with van der Waals surface area (Å²) >= 11 is 0. The van der Waals surface area contributed by atoms with Gasteiger partial charge in [-0.05, 0) is 53.7 Å². The minimum atomic E-state index is -0.314. The largest absolute Gasteiger partial charge is 0.494 e. The number of ether oxygens (including phenoxy) is 1. The van der Waals surface area contributed by atoms with Gasteiger partial charge in [0.25, 0.3) is 0 Å². The van der Waals surface area contributed by atoms with Crippen LogP contribution in [0.25, 0.3) is 5.69 Å². The highest BCUT2D eigenvalue weighted by Crippen LogP contribution is 2.28. The zero-order valence-electron chi connectivity index (χ0n) is 19.8. The van der Waals surface area contributed by atoms with Gasteiger partial charge in [0.05, 0.1) is 24.8 Å². The summed E-state index contributed by atoms with van der Waals surface area (Å²) in [6, 6.07) is 17.3. The number of aromatic nitrogens is 4. The minimum Gasteiger partial charge on any atom is -0.494 e. The average Bonchev–Trinajstić information content (AvgIpc) is 3.52. The second-order valence-corrected chi connectivity index (χ2v) is 8.78. The first-order valence-corrected chi connectivity index (χ1v) is 12.0. The summed E-state index contributed by atoms with van der Waals surface area (Å²) in [7, 11) is 0. The number of hydrogen-bond acceptors (Lipinski definition) is 7. The number of carbonyl (C=O) groups excluding carboxylic acids is 2. The van der Waals surface area contributed by atoms with Crippen LogP contribution in [0.5, 0.6) is 5.75 Å². The molecular weight excluding hydrogens is 446 g/mol. The zero-order chi connectivity index (χ0) is 24.2. The standard InChI is InChI=1S/C25H29N7O3/c1-2-35-22-10-8-20(9-11-22)31-17-19(16-24(31)33)25(34)30-14-12-29(13-15-30)18-23-26-27-28-32(23)21-6-4-3-5-7-21/h3-11,19H,2,12-18H2,1H3. The summed E-state index contributed by atoms with van der Waals surface area (Å²) in [6.45, 7) is 6.26. The third-order valence-corrected chi connectivity index (χ3v) is 6.52. The van der Waals surface area contributed by atoms with Crippen LogP contribution in [-0.2, 0) is 16.1 Å². The van der Waals surface area contributed by atoms with E-state index in [-0.39, 0.29) is 24.2 Å². The molecule has 1 aromatic heterocycles. The number of hydrogen-bond donors (Lipinski definition) is 0. The first-order chi connectivity index (χ1) is 17.1. The molecule has 0 spiro atoms. The number of tetrazole rings is 1. The van der Waals surface area contributed by atoms with Crippen molar-refractivity contribution in [3.8, 4) is 11.4 Å². The fourth-order valence-electron chi connectivity index (χ4n) is 4.67. The van der Waals surface area contributed by atoms with Crippen LogP contribution in [0.4, 0.5) is 5.69 Å². The number of amides is 2. The van der Waals surface area contributed by atoms with Crippen molar-refractivity contribution in [1.29, 1.82) is 0 Å². The molecule has 182 valence electrons. The van der Waals surface area contributed by atoms with Crippen LogP contribution < -0.4 is 9.64 Å². The SMILES string of the molecule is CCOc1ccc(N2CC(C(=O)N3CCN(Cc4nnnn4-c4ccccc4)CC3)CC2=O)cc1. The van der Waals surface area contributed by atoms with Crippen LogP contribution in [-0.4, -0.2) is 81.2 Å². The Labute approximate surface area is 204 Å². The molecular formula is C25H29N7O3. The predicted octanol–water partition coefficient (Wildman–Crippen LogP) is 1.76. The summed E-state index contributed by atoms with van der Waals surface area (Å²) in [5.74, 6) is 1.26. The Hall–Kier alpha value is -3.79. The van der Waals surface area contributed by atoms with E-state index in [1.807, 2.05) is 66.4 Å². The van der Waals surface area contributed by atoms with Gasteiger partial charge in [-0.15, -0.1) is 5.10 Å². The molecule has 0 saturated carbocycles. The van der Waals surface area contributed by atoms with Gasteiger partial charge < -0.3 is 14.5 Å². The van der Waals surface area contributed by atoms with Crippen molar-refractivity contribution in [3.05, 3.63) is 60.4 Å². The molecule has 0 aliphatic carbocycles. The fraction of sp³-hybridized carbons (Fsp3) is 0.400. The molecule has 1 unspecified atom stereocenters. The van der Waals surface area contributed by atoms with E-state index in [4.69, 9.17) is 4.74 Å². The van der Waals surface area contributed by atoms with Crippen LogP contribution >= 0.6 is 0 Å². The Bertz CT molecular complexity index is 1160. The molecule has 10 nitrogen and oxygen atoms in total. The van der Waals surface area contributed by atoms with Crippen LogP contribution in [0.15, 0.2) is 54.6 Å². The maximum atomic E-state index is 13.2. The number of nitrogens with zero attached hydrogens (tertiary/aromatic N) is 7. The lowest BCUT2D eigenvalue weighted by Crippen LogP contribution is -2.50. The van der Waals surface area contributed by atoms with E-state index in [2.05, 4.69) is 20.4 Å². The Balaban J connectivity index is 1.15. The third kappa shape index (κ3) is 5.02. The topological polar surface area (TPSA) is 96.7 Å². The molecule has 3 heterocycles. The second-order valence-electron chi connectivity index (χ2n) is 8.78. The van der Waals surface area contributed by atoms with Crippen LogP contribution in [0, 0.1) is 5.92 Å². The van der Waals surface area contributed by atoms with Gasteiger partial charge >= 0.3 is 0 Å². The molecule has 2 aliphatic heterocycles. The zero-order valence-corrected chi connectivity index (χ0v) is 19.8. The van der Waals surface area contributed by atoms with Crippen LogP contribution in [0.3, 0.4) is 0 Å². The number of benzene rings is 2. The summed E-state index contributed by atoms with van der Waals surface area (Å²) in [4.78, 5) is 31.7. The first-order valence-electron chi connectivity index (χ1n) is 12.0. The average molecular weight is 476 g/mol. The fourth-order valence-corrected chi connectivity index (χ4v) is 4.67. The normalized spacial score (nSPS) is 18.8. The number of rotatable bonds is 7. The number of carbonyl (C=O) groups is 2. The molecule has 2 aromatic carbocycles. The summed E-state index contributed by atoms with van der Waals surface area (Å²) in [5, 5.41) is 12.2. The molecule has 1 atom stereocenters. The van der Waals surface area contributed by atoms with Gasteiger partial charge in [0, 0.05) is 44.8 Å². The predicted molar refractivity (Wildman–Crippen MR) is 129 cm³/mol. The van der Waals surface area contributed by atoms with Crippen molar-refractivity contribution >= 4 is 17.5 Å². The summed E-state index contributed by atoms with van der Waals surface area (Å²) in [6.07, 6.45) is 0.248. The highest BCUT2D eigenvalue weighted by Gasteiger charge is 2.38. The van der Waals surface area contributed by atoms with E-state index in [1.54, 1.807) is 9.58 Å². The Morgan fingerprint density at radius 2 is 1.74 bits per heavy atom. The number of anilines is 1. The summed E-state index contributed by atoms with van der Waals surface area (Å²) < 4.78 is 7.23. The number of piperazine rings is 1. The molecule has 0 bridgehead atoms. The maximum absolute atomic E-state index is 13.2. The molecule has 0 radical (unpaired) electrons. The lowest BCUT2D eigenvalue weighted by Gasteiger charge is -2.35. The van der Waals surface area contributed by atoms with E-state index >= 15 is 0 Å². The van der Waals surface area contributed by atoms with Gasteiger partial charge in [0.1, 0.15) is 5.75 Å². The summed E-state index contributed by atoms with van der Waals surface area (Å²) in [5.41, 5.74) is 1.72. The molecule has 0 N–H and O–H groups in total. The smallest absolute Gasteiger partial charge is 0.228 e. The van der Waals surface area contributed by atoms with E-state index in [1.165, 1.54) is 0 Å². The second kappa shape index (κ2) is 10.2. The molecule has 2 saturated heterocycles. The van der Waals surface area contributed by atoms with Crippen molar-refractivity contribution in [2.24, 2.45) is 5.92 Å². The van der Waals surface area contributed by atoms with Gasteiger partial charge in [-0.25, -0.2) is 0 Å². The first kappa shape index (κ1) is 23.0. The highest BCUT2D eigenvalue weighted by atomic mass is 16.5.